The van der Waals surface area contributed by atoms with Gasteiger partial charge in [0.25, 0.3) is 5.91 Å². The van der Waals surface area contributed by atoms with Gasteiger partial charge in [-0.2, -0.15) is 5.10 Å². The molecule has 0 spiro atoms. The first-order valence-corrected chi connectivity index (χ1v) is 11.9. The van der Waals surface area contributed by atoms with Crippen LogP contribution in [0.4, 0.5) is 4.39 Å². The number of carbonyl (C=O) groups is 1. The van der Waals surface area contributed by atoms with Gasteiger partial charge in [-0.25, -0.2) is 22.2 Å². The Morgan fingerprint density at radius 3 is 2.38 bits per heavy atom. The van der Waals surface area contributed by atoms with Crippen molar-refractivity contribution in [3.63, 3.8) is 0 Å². The Morgan fingerprint density at radius 2 is 1.72 bits per heavy atom. The van der Waals surface area contributed by atoms with E-state index >= 15 is 0 Å². The molecule has 32 heavy (non-hydrogen) atoms. The number of halogens is 1. The Balaban J connectivity index is 1.41. The molecule has 1 N–H and O–H groups in total. The zero-order valence-electron chi connectivity index (χ0n) is 18.0. The zero-order valence-corrected chi connectivity index (χ0v) is 18.8. The fourth-order valence-electron chi connectivity index (χ4n) is 3.94. The van der Waals surface area contributed by atoms with Crippen LogP contribution in [-0.2, 0) is 10.0 Å². The third kappa shape index (κ3) is 4.44. The Hall–Kier alpha value is -3.04. The molecule has 0 saturated carbocycles. The second-order valence-electron chi connectivity index (χ2n) is 7.98. The molecule has 0 unspecified atom stereocenters. The zero-order chi connectivity index (χ0) is 22.9. The minimum Gasteiger partial charge on any atom is -0.338 e. The first-order chi connectivity index (χ1) is 15.3. The Labute approximate surface area is 186 Å². The third-order valence-electron chi connectivity index (χ3n) is 5.81. The maximum Gasteiger partial charge on any atom is 0.257 e. The number of aromatic nitrogens is 2. The Kier molecular flexibility index (Phi) is 6.12. The van der Waals surface area contributed by atoms with Gasteiger partial charge < -0.3 is 4.90 Å². The lowest BCUT2D eigenvalue weighted by Crippen LogP contribution is -2.46. The van der Waals surface area contributed by atoms with Crippen molar-refractivity contribution in [3.8, 4) is 5.69 Å². The van der Waals surface area contributed by atoms with Crippen LogP contribution in [-0.4, -0.2) is 48.1 Å². The quantitative estimate of drug-likeness (QED) is 0.639. The standard InChI is InChI=1S/C23H25FN4O3S/c1-16-5-3-4-6-22(16)28-17(2)21(15-25-28)23(29)27-13-11-19(12-14-27)26-32(30,31)20-9-7-18(24)8-10-20/h3-10,15,19,26H,11-14H2,1-2H3. The molecule has 1 amide bonds. The molecule has 1 aromatic heterocycles. The Bertz CT molecular complexity index is 1230. The summed E-state index contributed by atoms with van der Waals surface area (Å²) in [5, 5.41) is 4.42. The minimum atomic E-state index is -3.74. The molecule has 0 aliphatic carbocycles. The maximum absolute atomic E-state index is 13.1. The maximum atomic E-state index is 13.1. The molecule has 0 atom stereocenters. The predicted octanol–water partition coefficient (Wildman–Crippen LogP) is 3.21. The molecule has 1 aliphatic rings. The molecular formula is C23H25FN4O3S. The second-order valence-corrected chi connectivity index (χ2v) is 9.70. The van der Waals surface area contributed by atoms with E-state index in [1.165, 1.54) is 12.1 Å². The predicted molar refractivity (Wildman–Crippen MR) is 119 cm³/mol. The van der Waals surface area contributed by atoms with Crippen LogP contribution in [0, 0.1) is 19.7 Å². The van der Waals surface area contributed by atoms with Gasteiger partial charge in [0, 0.05) is 19.1 Å². The highest BCUT2D eigenvalue weighted by Gasteiger charge is 2.29. The number of hydrogen-bond acceptors (Lipinski definition) is 4. The van der Waals surface area contributed by atoms with Crippen LogP contribution >= 0.6 is 0 Å². The van der Waals surface area contributed by atoms with Crippen molar-refractivity contribution in [2.24, 2.45) is 0 Å². The summed E-state index contributed by atoms with van der Waals surface area (Å²) in [5.41, 5.74) is 3.30. The topological polar surface area (TPSA) is 84.3 Å². The average Bonchev–Trinajstić information content (AvgIpc) is 3.15. The minimum absolute atomic E-state index is 0.0247. The van der Waals surface area contributed by atoms with Gasteiger partial charge in [-0.1, -0.05) is 18.2 Å². The molecule has 1 fully saturated rings. The molecule has 2 aromatic carbocycles. The number of rotatable bonds is 5. The highest BCUT2D eigenvalue weighted by atomic mass is 32.2. The van der Waals surface area contributed by atoms with Crippen molar-refractivity contribution in [2.75, 3.05) is 13.1 Å². The van der Waals surface area contributed by atoms with Crippen molar-refractivity contribution < 1.29 is 17.6 Å². The third-order valence-corrected chi connectivity index (χ3v) is 7.35. The van der Waals surface area contributed by atoms with E-state index in [-0.39, 0.29) is 16.8 Å². The van der Waals surface area contributed by atoms with Gasteiger partial charge in [0.05, 0.1) is 28.0 Å². The summed E-state index contributed by atoms with van der Waals surface area (Å²) in [7, 11) is -3.74. The molecule has 2 heterocycles. The van der Waals surface area contributed by atoms with Crippen LogP contribution < -0.4 is 4.72 Å². The first kappa shape index (κ1) is 22.2. The lowest BCUT2D eigenvalue weighted by atomic mass is 10.1. The molecule has 168 valence electrons. The SMILES string of the molecule is Cc1ccccc1-n1ncc(C(=O)N2CCC(NS(=O)(=O)c3ccc(F)cc3)CC2)c1C. The summed E-state index contributed by atoms with van der Waals surface area (Å²) in [6, 6.07) is 12.3. The van der Waals surface area contributed by atoms with Gasteiger partial charge in [-0.05, 0) is 62.6 Å². The van der Waals surface area contributed by atoms with Crippen molar-refractivity contribution >= 4 is 15.9 Å². The molecule has 0 radical (unpaired) electrons. The largest absolute Gasteiger partial charge is 0.338 e. The first-order valence-electron chi connectivity index (χ1n) is 10.4. The number of amides is 1. The van der Waals surface area contributed by atoms with Crippen LogP contribution in [0.2, 0.25) is 0 Å². The van der Waals surface area contributed by atoms with E-state index in [4.69, 9.17) is 0 Å². The van der Waals surface area contributed by atoms with Crippen molar-refractivity contribution in [2.45, 2.75) is 37.6 Å². The van der Waals surface area contributed by atoms with Crippen LogP contribution in [0.3, 0.4) is 0 Å². The number of carbonyl (C=O) groups excluding carboxylic acids is 1. The van der Waals surface area contributed by atoms with E-state index in [0.717, 1.165) is 29.1 Å². The highest BCUT2D eigenvalue weighted by Crippen LogP contribution is 2.21. The number of nitrogens with zero attached hydrogens (tertiary/aromatic N) is 3. The summed E-state index contributed by atoms with van der Waals surface area (Å²) in [5.74, 6) is -0.598. The van der Waals surface area contributed by atoms with Crippen LogP contribution in [0.1, 0.15) is 34.5 Å². The molecule has 1 aliphatic heterocycles. The van der Waals surface area contributed by atoms with Crippen molar-refractivity contribution in [1.82, 2.24) is 19.4 Å². The number of sulfonamides is 1. The lowest BCUT2D eigenvalue weighted by molar-refractivity contribution is 0.0710. The van der Waals surface area contributed by atoms with Crippen molar-refractivity contribution in [3.05, 3.63) is 77.4 Å². The number of piperidine rings is 1. The summed E-state index contributed by atoms with van der Waals surface area (Å²) < 4.78 is 42.6. The highest BCUT2D eigenvalue weighted by molar-refractivity contribution is 7.89. The van der Waals surface area contributed by atoms with Crippen molar-refractivity contribution in [1.29, 1.82) is 0 Å². The van der Waals surface area contributed by atoms with Gasteiger partial charge in [0.1, 0.15) is 5.82 Å². The number of hydrogen-bond donors (Lipinski definition) is 1. The number of aryl methyl sites for hydroxylation is 1. The van der Waals surface area contributed by atoms with Gasteiger partial charge >= 0.3 is 0 Å². The molecular weight excluding hydrogens is 431 g/mol. The van der Waals surface area contributed by atoms with Crippen LogP contribution in [0.5, 0.6) is 0 Å². The Morgan fingerprint density at radius 1 is 1.06 bits per heavy atom. The smallest absolute Gasteiger partial charge is 0.257 e. The van der Waals surface area contributed by atoms with Crippen LogP contribution in [0.25, 0.3) is 5.69 Å². The van der Waals surface area contributed by atoms with Gasteiger partial charge in [-0.3, -0.25) is 4.79 Å². The second kappa shape index (κ2) is 8.84. The van der Waals surface area contributed by atoms with Gasteiger partial charge in [0.15, 0.2) is 0 Å². The van der Waals surface area contributed by atoms with E-state index in [1.54, 1.807) is 15.8 Å². The number of para-hydroxylation sites is 1. The van der Waals surface area contributed by atoms with Gasteiger partial charge in [-0.15, -0.1) is 0 Å². The number of likely N-dealkylation sites (tertiary alicyclic amines) is 1. The molecule has 3 aromatic rings. The lowest BCUT2D eigenvalue weighted by Gasteiger charge is -2.32. The summed E-state index contributed by atoms with van der Waals surface area (Å²) in [6.07, 6.45) is 2.59. The molecule has 9 heteroatoms. The number of nitrogens with one attached hydrogen (secondary N) is 1. The van der Waals surface area contributed by atoms with E-state index in [9.17, 15) is 17.6 Å². The normalized spacial score (nSPS) is 15.2. The van der Waals surface area contributed by atoms with E-state index in [1.807, 2.05) is 38.1 Å². The van der Waals surface area contributed by atoms with E-state index in [2.05, 4.69) is 9.82 Å². The number of benzene rings is 2. The van der Waals surface area contributed by atoms with E-state index in [0.29, 0.717) is 31.5 Å². The monoisotopic (exact) mass is 456 g/mol. The molecule has 1 saturated heterocycles. The molecule has 0 bridgehead atoms. The summed E-state index contributed by atoms with van der Waals surface area (Å²) in [6.45, 7) is 4.74. The van der Waals surface area contributed by atoms with E-state index < -0.39 is 15.8 Å². The fraction of sp³-hybridized carbons (Fsp3) is 0.304. The van der Waals surface area contributed by atoms with Gasteiger partial charge in [0.2, 0.25) is 10.0 Å². The fourth-order valence-corrected chi connectivity index (χ4v) is 5.24. The van der Waals surface area contributed by atoms with Crippen LogP contribution in [0.15, 0.2) is 59.6 Å². The summed E-state index contributed by atoms with van der Waals surface area (Å²) >= 11 is 0. The molecule has 4 rings (SSSR count). The average molecular weight is 457 g/mol. The molecule has 7 nitrogen and oxygen atoms in total. The summed E-state index contributed by atoms with van der Waals surface area (Å²) in [4.78, 5) is 14.8.